The quantitative estimate of drug-likeness (QED) is 0.378. The molecule has 0 aromatic heterocycles. The van der Waals surface area contributed by atoms with Crippen LogP contribution in [0, 0.1) is 0 Å². The first-order valence-corrected chi connectivity index (χ1v) is 6.35. The Bertz CT molecular complexity index is 489. The molecule has 1 aliphatic rings. The molecule has 0 fully saturated rings. The van der Waals surface area contributed by atoms with E-state index >= 15 is 0 Å². The molecule has 0 aromatic carbocycles. The van der Waals surface area contributed by atoms with E-state index in [2.05, 4.69) is 4.74 Å². The zero-order chi connectivity index (χ0) is 13.9. The van der Waals surface area contributed by atoms with Gasteiger partial charge in [-0.3, -0.25) is 23.8 Å². The van der Waals surface area contributed by atoms with Gasteiger partial charge in [-0.05, 0) is 6.42 Å². The summed E-state index contributed by atoms with van der Waals surface area (Å²) >= 11 is 0. The number of rotatable bonds is 5. The van der Waals surface area contributed by atoms with Gasteiger partial charge >= 0.3 is 5.97 Å². The maximum atomic E-state index is 11.2. The molecule has 1 rings (SSSR count). The third-order valence-corrected chi connectivity index (χ3v) is 3.49. The zero-order valence-electron chi connectivity index (χ0n) is 9.40. The van der Waals surface area contributed by atoms with E-state index in [0.717, 1.165) is 24.2 Å². The fourth-order valence-electron chi connectivity index (χ4n) is 1.42. The SMILES string of the molecule is COC(=O)C(CCN1C(=O)C=CC1=O)S(=O)(=O)O. The minimum atomic E-state index is -4.65. The highest BCUT2D eigenvalue weighted by molar-refractivity contribution is 7.87. The lowest BCUT2D eigenvalue weighted by Crippen LogP contribution is -2.38. The largest absolute Gasteiger partial charge is 0.468 e. The number of ether oxygens (including phenoxy) is 1. The molecule has 1 aliphatic heterocycles. The van der Waals surface area contributed by atoms with E-state index in [0.29, 0.717) is 0 Å². The summed E-state index contributed by atoms with van der Waals surface area (Å²) in [4.78, 5) is 34.3. The number of carbonyl (C=O) groups is 3. The minimum Gasteiger partial charge on any atom is -0.468 e. The van der Waals surface area contributed by atoms with Crippen LogP contribution < -0.4 is 0 Å². The Balaban J connectivity index is 2.73. The number of nitrogens with zero attached hydrogens (tertiary/aromatic N) is 1. The highest BCUT2D eigenvalue weighted by Crippen LogP contribution is 2.11. The molecular weight excluding hydrogens is 266 g/mol. The summed E-state index contributed by atoms with van der Waals surface area (Å²) < 4.78 is 35.0. The predicted molar refractivity (Wildman–Crippen MR) is 57.8 cm³/mol. The van der Waals surface area contributed by atoms with Crippen LogP contribution in [0.5, 0.6) is 0 Å². The van der Waals surface area contributed by atoms with Gasteiger partial charge in [0, 0.05) is 18.7 Å². The second-order valence-corrected chi connectivity index (χ2v) is 5.08. The molecule has 0 saturated heterocycles. The van der Waals surface area contributed by atoms with E-state index in [1.807, 2.05) is 0 Å². The second-order valence-electron chi connectivity index (χ2n) is 3.48. The van der Waals surface area contributed by atoms with Crippen LogP contribution in [-0.2, 0) is 29.2 Å². The van der Waals surface area contributed by atoms with Crippen LogP contribution in [0.4, 0.5) is 0 Å². The van der Waals surface area contributed by atoms with Crippen LogP contribution in [0.3, 0.4) is 0 Å². The monoisotopic (exact) mass is 277 g/mol. The van der Waals surface area contributed by atoms with Gasteiger partial charge < -0.3 is 4.74 Å². The second kappa shape index (κ2) is 5.27. The van der Waals surface area contributed by atoms with E-state index in [-0.39, 0.29) is 6.54 Å². The number of hydrogen-bond donors (Lipinski definition) is 1. The molecule has 1 unspecified atom stereocenters. The number of amides is 2. The van der Waals surface area contributed by atoms with Gasteiger partial charge in [-0.15, -0.1) is 0 Å². The fraction of sp³-hybridized carbons (Fsp3) is 0.444. The number of carbonyl (C=O) groups excluding carboxylic acids is 3. The predicted octanol–water partition coefficient (Wildman–Crippen LogP) is -1.27. The Morgan fingerprint density at radius 2 is 1.89 bits per heavy atom. The normalized spacial score (nSPS) is 17.1. The molecule has 18 heavy (non-hydrogen) atoms. The summed E-state index contributed by atoms with van der Waals surface area (Å²) in [6, 6.07) is 0. The first-order chi connectivity index (χ1) is 8.27. The number of methoxy groups -OCH3 is 1. The molecule has 0 bridgehead atoms. The average Bonchev–Trinajstić information content (AvgIpc) is 2.58. The van der Waals surface area contributed by atoms with E-state index in [1.54, 1.807) is 0 Å². The minimum absolute atomic E-state index is 0.301. The Morgan fingerprint density at radius 1 is 1.39 bits per heavy atom. The van der Waals surface area contributed by atoms with Crippen LogP contribution in [-0.4, -0.2) is 54.6 Å². The van der Waals surface area contributed by atoms with E-state index in [4.69, 9.17) is 4.55 Å². The molecule has 1 atom stereocenters. The van der Waals surface area contributed by atoms with Crippen molar-refractivity contribution >= 4 is 27.9 Å². The molecule has 8 nitrogen and oxygen atoms in total. The lowest BCUT2D eigenvalue weighted by Gasteiger charge is -2.16. The van der Waals surface area contributed by atoms with Crippen molar-refractivity contribution < 1.29 is 32.1 Å². The van der Waals surface area contributed by atoms with Gasteiger partial charge in [0.25, 0.3) is 21.9 Å². The Labute approximate surface area is 103 Å². The van der Waals surface area contributed by atoms with E-state index in [9.17, 15) is 22.8 Å². The van der Waals surface area contributed by atoms with Crippen molar-refractivity contribution in [2.45, 2.75) is 11.7 Å². The average molecular weight is 277 g/mol. The summed E-state index contributed by atoms with van der Waals surface area (Å²) in [5.41, 5.74) is 0. The Hall–Kier alpha value is -1.74. The molecule has 0 aliphatic carbocycles. The van der Waals surface area contributed by atoms with Crippen molar-refractivity contribution in [2.75, 3.05) is 13.7 Å². The lowest BCUT2D eigenvalue weighted by molar-refractivity contribution is -0.142. The van der Waals surface area contributed by atoms with Crippen LogP contribution in [0.1, 0.15) is 6.42 Å². The van der Waals surface area contributed by atoms with Crippen LogP contribution >= 0.6 is 0 Å². The van der Waals surface area contributed by atoms with Crippen molar-refractivity contribution in [3.63, 3.8) is 0 Å². The maximum absolute atomic E-state index is 11.2. The van der Waals surface area contributed by atoms with Gasteiger partial charge in [0.2, 0.25) is 0 Å². The van der Waals surface area contributed by atoms with Gasteiger partial charge in [-0.25, -0.2) is 0 Å². The van der Waals surface area contributed by atoms with Crippen molar-refractivity contribution in [1.29, 1.82) is 0 Å². The van der Waals surface area contributed by atoms with Crippen LogP contribution in [0.2, 0.25) is 0 Å². The first kappa shape index (κ1) is 14.3. The van der Waals surface area contributed by atoms with Gasteiger partial charge in [-0.2, -0.15) is 8.42 Å². The summed E-state index contributed by atoms with van der Waals surface area (Å²) in [7, 11) is -3.68. The van der Waals surface area contributed by atoms with Crippen LogP contribution in [0.25, 0.3) is 0 Å². The molecular formula is C9H11NO7S. The van der Waals surface area contributed by atoms with Crippen molar-refractivity contribution in [1.82, 2.24) is 4.90 Å². The van der Waals surface area contributed by atoms with Crippen molar-refractivity contribution in [2.24, 2.45) is 0 Å². The molecule has 0 aromatic rings. The number of esters is 1. The highest BCUT2D eigenvalue weighted by atomic mass is 32.2. The molecule has 0 spiro atoms. The van der Waals surface area contributed by atoms with E-state index < -0.39 is 39.6 Å². The molecule has 9 heteroatoms. The Kier molecular flexibility index (Phi) is 4.19. The van der Waals surface area contributed by atoms with E-state index in [1.165, 1.54) is 0 Å². The fourth-order valence-corrected chi connectivity index (χ4v) is 2.16. The molecule has 0 saturated carbocycles. The van der Waals surface area contributed by atoms with Crippen LogP contribution in [0.15, 0.2) is 12.2 Å². The third-order valence-electron chi connectivity index (χ3n) is 2.34. The molecule has 2 amide bonds. The molecule has 100 valence electrons. The summed E-state index contributed by atoms with van der Waals surface area (Å²) in [5, 5.41) is -1.82. The number of hydrogen-bond acceptors (Lipinski definition) is 6. The molecule has 0 radical (unpaired) electrons. The first-order valence-electron chi connectivity index (χ1n) is 4.85. The summed E-state index contributed by atoms with van der Waals surface area (Å²) in [6.45, 7) is -0.301. The van der Waals surface area contributed by atoms with Crippen molar-refractivity contribution in [3.8, 4) is 0 Å². The zero-order valence-corrected chi connectivity index (χ0v) is 10.2. The number of imide groups is 1. The topological polar surface area (TPSA) is 118 Å². The van der Waals surface area contributed by atoms with Gasteiger partial charge in [0.05, 0.1) is 7.11 Å². The van der Waals surface area contributed by atoms with Gasteiger partial charge in [0.1, 0.15) is 0 Å². The molecule has 1 N–H and O–H groups in total. The summed E-state index contributed by atoms with van der Waals surface area (Å²) in [5.74, 6) is -2.34. The standard InChI is InChI=1S/C9H11NO7S/c1-17-9(13)6(18(14,15)16)4-5-10-7(11)2-3-8(10)12/h2-3,6H,4-5H2,1H3,(H,14,15,16). The smallest absolute Gasteiger partial charge is 0.326 e. The van der Waals surface area contributed by atoms with Gasteiger partial charge in [-0.1, -0.05) is 0 Å². The molecule has 1 heterocycles. The van der Waals surface area contributed by atoms with Crippen molar-refractivity contribution in [3.05, 3.63) is 12.2 Å². The highest BCUT2D eigenvalue weighted by Gasteiger charge is 2.34. The maximum Gasteiger partial charge on any atom is 0.326 e. The van der Waals surface area contributed by atoms with Gasteiger partial charge in [0.15, 0.2) is 5.25 Å². The Morgan fingerprint density at radius 3 is 2.28 bits per heavy atom. The third kappa shape index (κ3) is 3.14. The lowest BCUT2D eigenvalue weighted by atomic mass is 10.3. The summed E-state index contributed by atoms with van der Waals surface area (Å²) in [6.07, 6.45) is 1.64.